The summed E-state index contributed by atoms with van der Waals surface area (Å²) in [4.78, 5) is 27.3. The van der Waals surface area contributed by atoms with Gasteiger partial charge in [0, 0.05) is 25.1 Å². The van der Waals surface area contributed by atoms with Crippen LogP contribution in [0.3, 0.4) is 0 Å². The van der Waals surface area contributed by atoms with Gasteiger partial charge in [-0.3, -0.25) is 9.59 Å². The topological polar surface area (TPSA) is 58.6 Å². The van der Waals surface area contributed by atoms with E-state index >= 15 is 0 Å². The fraction of sp³-hybridized carbons (Fsp3) is 0.308. The van der Waals surface area contributed by atoms with E-state index in [9.17, 15) is 9.59 Å². The van der Waals surface area contributed by atoms with Gasteiger partial charge in [-0.05, 0) is 60.4 Å². The van der Waals surface area contributed by atoms with E-state index in [4.69, 9.17) is 4.74 Å². The van der Waals surface area contributed by atoms with Crippen molar-refractivity contribution >= 4 is 22.6 Å². The van der Waals surface area contributed by atoms with Crippen LogP contribution in [0.5, 0.6) is 5.75 Å². The van der Waals surface area contributed by atoms with Gasteiger partial charge in [0.1, 0.15) is 5.75 Å². The van der Waals surface area contributed by atoms with Crippen LogP contribution in [0.1, 0.15) is 48.1 Å². The molecule has 0 saturated carbocycles. The number of ether oxygens (including phenoxy) is 1. The zero-order chi connectivity index (χ0) is 21.6. The molecule has 0 aliphatic carbocycles. The highest BCUT2D eigenvalue weighted by Crippen LogP contribution is 2.33. The Morgan fingerprint density at radius 1 is 1.03 bits per heavy atom. The Kier molecular flexibility index (Phi) is 6.51. The van der Waals surface area contributed by atoms with Crippen molar-refractivity contribution in [2.75, 3.05) is 19.7 Å². The van der Waals surface area contributed by atoms with Crippen molar-refractivity contribution < 1.29 is 14.3 Å². The van der Waals surface area contributed by atoms with Crippen molar-refractivity contribution in [1.29, 1.82) is 0 Å². The molecule has 31 heavy (non-hydrogen) atoms. The molecule has 4 rings (SSSR count). The number of benzene rings is 3. The van der Waals surface area contributed by atoms with Gasteiger partial charge in [0.25, 0.3) is 5.91 Å². The van der Waals surface area contributed by atoms with E-state index in [0.29, 0.717) is 25.1 Å². The van der Waals surface area contributed by atoms with Gasteiger partial charge in [-0.15, -0.1) is 0 Å². The largest absolute Gasteiger partial charge is 0.494 e. The molecule has 3 aromatic rings. The monoisotopic (exact) mass is 416 g/mol. The maximum atomic E-state index is 12.8. The maximum Gasteiger partial charge on any atom is 0.251 e. The van der Waals surface area contributed by atoms with Gasteiger partial charge in [-0.2, -0.15) is 0 Å². The number of hydrogen-bond acceptors (Lipinski definition) is 3. The predicted octanol–water partition coefficient (Wildman–Crippen LogP) is 4.72. The first-order chi connectivity index (χ1) is 15.2. The first-order valence-electron chi connectivity index (χ1n) is 10.9. The zero-order valence-corrected chi connectivity index (χ0v) is 17.8. The zero-order valence-electron chi connectivity index (χ0n) is 17.8. The number of carbonyl (C=O) groups is 2. The second-order valence-electron chi connectivity index (χ2n) is 7.82. The van der Waals surface area contributed by atoms with Gasteiger partial charge in [0.2, 0.25) is 5.91 Å². The van der Waals surface area contributed by atoms with Crippen molar-refractivity contribution in [2.24, 2.45) is 0 Å². The molecule has 160 valence electrons. The molecule has 1 unspecified atom stereocenters. The Morgan fingerprint density at radius 3 is 2.58 bits per heavy atom. The van der Waals surface area contributed by atoms with Gasteiger partial charge in [0.15, 0.2) is 0 Å². The fourth-order valence-electron chi connectivity index (χ4n) is 4.22. The summed E-state index contributed by atoms with van der Waals surface area (Å²) >= 11 is 0. The summed E-state index contributed by atoms with van der Waals surface area (Å²) in [5, 5.41) is 5.02. The lowest BCUT2D eigenvalue weighted by Crippen LogP contribution is -2.34. The number of nitrogens with zero attached hydrogens (tertiary/aromatic N) is 1. The molecule has 1 N–H and O–H groups in total. The normalized spacial score (nSPS) is 15.8. The molecule has 1 heterocycles. The third kappa shape index (κ3) is 4.88. The van der Waals surface area contributed by atoms with Crippen molar-refractivity contribution in [3.8, 4) is 5.75 Å². The molecule has 0 bridgehead atoms. The Morgan fingerprint density at radius 2 is 1.81 bits per heavy atom. The Balaban J connectivity index is 1.32. The summed E-state index contributed by atoms with van der Waals surface area (Å²) < 4.78 is 5.51. The second-order valence-corrected chi connectivity index (χ2v) is 7.82. The van der Waals surface area contributed by atoms with Crippen LogP contribution < -0.4 is 10.1 Å². The summed E-state index contributed by atoms with van der Waals surface area (Å²) in [6, 6.07) is 21.7. The molecule has 0 spiro atoms. The number of nitrogens with one attached hydrogen (secondary N) is 1. The highest BCUT2D eigenvalue weighted by atomic mass is 16.5. The molecule has 3 aromatic carbocycles. The summed E-state index contributed by atoms with van der Waals surface area (Å²) in [5.74, 6) is 0.775. The molecule has 1 atom stereocenters. The maximum absolute atomic E-state index is 12.8. The lowest BCUT2D eigenvalue weighted by Gasteiger charge is -2.25. The number of hydrogen-bond donors (Lipinski definition) is 1. The van der Waals surface area contributed by atoms with Gasteiger partial charge in [-0.25, -0.2) is 0 Å². The van der Waals surface area contributed by atoms with Crippen LogP contribution in [0.15, 0.2) is 66.7 Å². The van der Waals surface area contributed by atoms with E-state index in [-0.39, 0.29) is 17.9 Å². The molecule has 2 amide bonds. The molecule has 1 fully saturated rings. The minimum absolute atomic E-state index is 0.0789. The number of fused-ring (bicyclic) bond motifs is 1. The van der Waals surface area contributed by atoms with Crippen molar-refractivity contribution in [1.82, 2.24) is 10.2 Å². The molecular weight excluding hydrogens is 388 g/mol. The standard InChI is InChI=1S/C26H28N2O3/c1-2-31-23-13-11-20(12-14-23)24-8-5-17-28(24)25(29)15-16-27-26(30)22-10-9-19-6-3-4-7-21(19)18-22/h3-4,6-7,9-14,18,24H,2,5,8,15-17H2,1H3,(H,27,30). The molecule has 5 heteroatoms. The van der Waals surface area contributed by atoms with Crippen molar-refractivity contribution in [2.45, 2.75) is 32.2 Å². The van der Waals surface area contributed by atoms with Crippen LogP contribution in [0.25, 0.3) is 10.8 Å². The average Bonchev–Trinajstić information content (AvgIpc) is 3.29. The summed E-state index contributed by atoms with van der Waals surface area (Å²) in [5.41, 5.74) is 1.74. The van der Waals surface area contributed by atoms with Gasteiger partial charge in [-0.1, -0.05) is 42.5 Å². The summed E-state index contributed by atoms with van der Waals surface area (Å²) in [6.07, 6.45) is 2.25. The molecule has 0 aromatic heterocycles. The highest BCUT2D eigenvalue weighted by molar-refractivity contribution is 5.98. The van der Waals surface area contributed by atoms with E-state index in [0.717, 1.165) is 41.5 Å². The average molecular weight is 417 g/mol. The Bertz CT molecular complexity index is 1060. The third-order valence-electron chi connectivity index (χ3n) is 5.79. The van der Waals surface area contributed by atoms with Gasteiger partial charge >= 0.3 is 0 Å². The summed E-state index contributed by atoms with van der Waals surface area (Å²) in [6.45, 7) is 3.69. The van der Waals surface area contributed by atoms with Crippen LogP contribution in [0.4, 0.5) is 0 Å². The lowest BCUT2D eigenvalue weighted by atomic mass is 10.0. The summed E-state index contributed by atoms with van der Waals surface area (Å²) in [7, 11) is 0. The third-order valence-corrected chi connectivity index (χ3v) is 5.79. The predicted molar refractivity (Wildman–Crippen MR) is 122 cm³/mol. The van der Waals surface area contributed by atoms with E-state index in [1.165, 1.54) is 0 Å². The van der Waals surface area contributed by atoms with Crippen molar-refractivity contribution in [3.05, 3.63) is 77.9 Å². The van der Waals surface area contributed by atoms with E-state index < -0.39 is 0 Å². The van der Waals surface area contributed by atoms with Crippen LogP contribution in [0, 0.1) is 0 Å². The van der Waals surface area contributed by atoms with Crippen LogP contribution in [-0.2, 0) is 4.79 Å². The number of likely N-dealkylation sites (tertiary alicyclic amines) is 1. The lowest BCUT2D eigenvalue weighted by molar-refractivity contribution is -0.132. The molecule has 0 radical (unpaired) electrons. The van der Waals surface area contributed by atoms with E-state index in [2.05, 4.69) is 5.32 Å². The number of amides is 2. The Hall–Kier alpha value is -3.34. The van der Waals surface area contributed by atoms with Gasteiger partial charge < -0.3 is 15.0 Å². The fourth-order valence-corrected chi connectivity index (χ4v) is 4.22. The van der Waals surface area contributed by atoms with Crippen molar-refractivity contribution in [3.63, 3.8) is 0 Å². The molecule has 1 aliphatic rings. The number of carbonyl (C=O) groups excluding carboxylic acids is 2. The SMILES string of the molecule is CCOc1ccc(C2CCCN2C(=O)CCNC(=O)c2ccc3ccccc3c2)cc1. The first kappa shape index (κ1) is 20.9. The minimum Gasteiger partial charge on any atom is -0.494 e. The van der Waals surface area contributed by atoms with Gasteiger partial charge in [0.05, 0.1) is 12.6 Å². The quantitative estimate of drug-likeness (QED) is 0.606. The highest BCUT2D eigenvalue weighted by Gasteiger charge is 2.29. The Labute approximate surface area is 183 Å². The van der Waals surface area contributed by atoms with Crippen LogP contribution in [0.2, 0.25) is 0 Å². The molecule has 1 saturated heterocycles. The minimum atomic E-state index is -0.150. The number of rotatable bonds is 7. The molecular formula is C26H28N2O3. The first-order valence-corrected chi connectivity index (χ1v) is 10.9. The molecule has 1 aliphatic heterocycles. The van der Waals surface area contributed by atoms with Crippen LogP contribution in [-0.4, -0.2) is 36.4 Å². The molecule has 5 nitrogen and oxygen atoms in total. The van der Waals surface area contributed by atoms with E-state index in [1.54, 1.807) is 0 Å². The smallest absolute Gasteiger partial charge is 0.251 e. The van der Waals surface area contributed by atoms with Crippen LogP contribution >= 0.6 is 0 Å². The second kappa shape index (κ2) is 9.65. The van der Waals surface area contributed by atoms with E-state index in [1.807, 2.05) is 78.6 Å².